The molecule has 4 rings (SSSR count). The van der Waals surface area contributed by atoms with Crippen LogP contribution in [0.2, 0.25) is 0 Å². The molecule has 7 nitrogen and oxygen atoms in total. The van der Waals surface area contributed by atoms with E-state index < -0.39 is 42.4 Å². The molecule has 1 aliphatic rings. The van der Waals surface area contributed by atoms with E-state index in [1.807, 2.05) is 0 Å². The maximum Gasteiger partial charge on any atom is 0.310 e. The number of nitrogens with zero attached hydrogens (tertiary/aromatic N) is 1. The minimum Gasteiger partial charge on any atom is -0.466 e. The zero-order chi connectivity index (χ0) is 25.4. The molecule has 1 unspecified atom stereocenters. The average Bonchev–Trinajstić information content (AvgIpc) is 3.14. The Bertz CT molecular complexity index is 1630. The third kappa shape index (κ3) is 4.51. The van der Waals surface area contributed by atoms with Crippen LogP contribution in [-0.2, 0) is 29.2 Å². The highest BCUT2D eigenvalue weighted by Gasteiger charge is 2.30. The summed E-state index contributed by atoms with van der Waals surface area (Å²) in [5.74, 6) is -1.56. The second kappa shape index (κ2) is 9.35. The van der Waals surface area contributed by atoms with Gasteiger partial charge in [-0.2, -0.15) is 0 Å². The average molecular weight is 516 g/mol. The second-order valence-corrected chi connectivity index (χ2v) is 11.7. The maximum absolute atomic E-state index is 15.1. The first-order valence-corrected chi connectivity index (χ1v) is 13.7. The fraction of sp³-hybridized carbons (Fsp3) is 0.200. The summed E-state index contributed by atoms with van der Waals surface area (Å²) in [6.45, 7) is 3.49. The van der Waals surface area contributed by atoms with Gasteiger partial charge in [-0.1, -0.05) is 18.2 Å². The molecule has 0 aliphatic carbocycles. The van der Waals surface area contributed by atoms with Gasteiger partial charge in [0.25, 0.3) is 0 Å². The lowest BCUT2D eigenvalue weighted by molar-refractivity contribution is -0.141. The van der Waals surface area contributed by atoms with Crippen LogP contribution in [0.5, 0.6) is 0 Å². The first-order valence-electron chi connectivity index (χ1n) is 10.8. The summed E-state index contributed by atoms with van der Waals surface area (Å²) in [7, 11) is -8.29. The molecule has 1 heterocycles. The number of carbonyl (C=O) groups excluding carboxylic acids is 1. The van der Waals surface area contributed by atoms with Crippen LogP contribution in [0.15, 0.2) is 91.3 Å². The summed E-state index contributed by atoms with van der Waals surface area (Å²) < 4.78 is 72.8. The number of rotatable bonds is 7. The quantitative estimate of drug-likeness (QED) is 0.448. The number of sulfone groups is 2. The third-order valence-electron chi connectivity index (χ3n) is 5.65. The highest BCUT2D eigenvalue weighted by molar-refractivity contribution is 7.92. The van der Waals surface area contributed by atoms with Crippen molar-refractivity contribution in [1.29, 1.82) is 0 Å². The van der Waals surface area contributed by atoms with E-state index in [1.165, 1.54) is 30.3 Å². The van der Waals surface area contributed by atoms with Gasteiger partial charge in [-0.25, -0.2) is 21.2 Å². The molecule has 0 radical (unpaired) electrons. The zero-order valence-electron chi connectivity index (χ0n) is 18.9. The molecule has 35 heavy (non-hydrogen) atoms. The number of hydrogen-bond acceptors (Lipinski definition) is 7. The van der Waals surface area contributed by atoms with E-state index in [4.69, 9.17) is 4.74 Å². The Labute approximate surface area is 202 Å². The van der Waals surface area contributed by atoms with Crippen LogP contribution in [0.3, 0.4) is 0 Å². The molecule has 182 valence electrons. The van der Waals surface area contributed by atoms with E-state index >= 15 is 4.39 Å². The van der Waals surface area contributed by atoms with Gasteiger partial charge in [0.1, 0.15) is 10.7 Å². The van der Waals surface area contributed by atoms with Crippen molar-refractivity contribution < 1.29 is 30.8 Å². The molecule has 0 aromatic heterocycles. The summed E-state index contributed by atoms with van der Waals surface area (Å²) in [5.41, 5.74) is 0.347. The fourth-order valence-electron chi connectivity index (χ4n) is 3.98. The van der Waals surface area contributed by atoms with Gasteiger partial charge in [0.2, 0.25) is 19.7 Å². The number of halogens is 1. The largest absolute Gasteiger partial charge is 0.466 e. The van der Waals surface area contributed by atoms with Crippen molar-refractivity contribution in [2.24, 2.45) is 4.99 Å². The highest BCUT2D eigenvalue weighted by atomic mass is 32.2. The number of esters is 1. The normalized spacial score (nSPS) is 15.4. The maximum atomic E-state index is 15.1. The summed E-state index contributed by atoms with van der Waals surface area (Å²) in [5, 5.41) is 0.312. The Morgan fingerprint density at radius 3 is 2.06 bits per heavy atom. The van der Waals surface area contributed by atoms with Crippen molar-refractivity contribution in [3.8, 4) is 0 Å². The van der Waals surface area contributed by atoms with Gasteiger partial charge in [0, 0.05) is 5.22 Å². The van der Waals surface area contributed by atoms with Crippen LogP contribution in [-0.4, -0.2) is 35.5 Å². The van der Waals surface area contributed by atoms with E-state index in [9.17, 15) is 21.6 Å². The first-order chi connectivity index (χ1) is 16.6. The van der Waals surface area contributed by atoms with Crippen molar-refractivity contribution in [1.82, 2.24) is 0 Å². The van der Waals surface area contributed by atoms with Gasteiger partial charge in [0.05, 0.1) is 39.1 Å². The number of hydrogen-bond donors (Lipinski definition) is 0. The lowest BCUT2D eigenvalue weighted by Crippen LogP contribution is -2.32. The molecule has 0 bridgehead atoms. The Balaban J connectivity index is 1.84. The summed E-state index contributed by atoms with van der Waals surface area (Å²) in [6, 6.07) is 14.2. The Morgan fingerprint density at radius 1 is 0.886 bits per heavy atom. The van der Waals surface area contributed by atoms with Crippen LogP contribution in [0, 0.1) is 5.82 Å². The standard InChI is InChI=1S/C25H22FNO6S2/c1-3-33-23(28)15-20-16(2)27-22-14-13-21(26)25(24(20)22)35(31,32)19-11-9-18(10-12-19)34(29,30)17-7-5-4-6-8-17/h4-14,16H,3,15H2,1-2H3. The molecule has 1 aliphatic heterocycles. The van der Waals surface area contributed by atoms with Crippen molar-refractivity contribution in [2.45, 2.75) is 45.9 Å². The van der Waals surface area contributed by atoms with Crippen LogP contribution < -0.4 is 10.6 Å². The first kappa shape index (κ1) is 24.7. The van der Waals surface area contributed by atoms with Gasteiger partial charge in [-0.3, -0.25) is 9.79 Å². The number of ether oxygens (including phenoxy) is 1. The lowest BCUT2D eigenvalue weighted by atomic mass is 10.0. The van der Waals surface area contributed by atoms with Gasteiger partial charge < -0.3 is 4.74 Å². The zero-order valence-corrected chi connectivity index (χ0v) is 20.6. The van der Waals surface area contributed by atoms with Crippen LogP contribution in [0.4, 0.5) is 4.39 Å². The fourth-order valence-corrected chi connectivity index (χ4v) is 6.82. The van der Waals surface area contributed by atoms with E-state index in [0.29, 0.717) is 5.57 Å². The van der Waals surface area contributed by atoms with Crippen LogP contribution >= 0.6 is 0 Å². The Hall–Kier alpha value is -3.37. The van der Waals surface area contributed by atoms with Crippen molar-refractivity contribution in [3.05, 3.63) is 83.1 Å². The third-order valence-corrected chi connectivity index (χ3v) is 9.27. The molecular weight excluding hydrogens is 493 g/mol. The summed E-state index contributed by atoms with van der Waals surface area (Å²) in [4.78, 5) is 15.6. The monoisotopic (exact) mass is 515 g/mol. The highest BCUT2D eigenvalue weighted by Crippen LogP contribution is 2.26. The minimum atomic E-state index is -4.43. The summed E-state index contributed by atoms with van der Waals surface area (Å²) in [6.07, 6.45) is -0.230. The number of carbonyl (C=O) groups is 1. The van der Waals surface area contributed by atoms with Gasteiger partial charge in [-0.05, 0) is 68.0 Å². The topological polar surface area (TPSA) is 107 Å². The minimum absolute atomic E-state index is 0.0477. The Morgan fingerprint density at radius 2 is 1.46 bits per heavy atom. The predicted molar refractivity (Wildman–Crippen MR) is 125 cm³/mol. The molecule has 1 atom stereocenters. The van der Waals surface area contributed by atoms with Crippen molar-refractivity contribution >= 4 is 31.2 Å². The molecule has 0 spiro atoms. The smallest absolute Gasteiger partial charge is 0.310 e. The molecule has 0 fully saturated rings. The molecule has 0 saturated heterocycles. The van der Waals surface area contributed by atoms with Gasteiger partial charge in [-0.15, -0.1) is 0 Å². The van der Waals surface area contributed by atoms with E-state index in [1.54, 1.807) is 32.0 Å². The molecule has 3 aromatic carbocycles. The van der Waals surface area contributed by atoms with Crippen molar-refractivity contribution in [3.63, 3.8) is 0 Å². The van der Waals surface area contributed by atoms with Gasteiger partial charge >= 0.3 is 5.97 Å². The van der Waals surface area contributed by atoms with Gasteiger partial charge in [0.15, 0.2) is 0 Å². The van der Waals surface area contributed by atoms with Crippen LogP contribution in [0.25, 0.3) is 5.57 Å². The molecule has 0 N–H and O–H groups in total. The molecule has 3 aromatic rings. The molecule has 0 saturated carbocycles. The number of benzene rings is 3. The van der Waals surface area contributed by atoms with E-state index in [2.05, 4.69) is 4.99 Å². The SMILES string of the molecule is CCOC(=O)CC1=c2c(S(=O)(=O)c3ccc(S(=O)(=O)c4ccccc4)cc3)c(F)ccc2=NC1C. The Kier molecular flexibility index (Phi) is 6.61. The molecule has 10 heteroatoms. The molecular formula is C25H22FNO6S2. The predicted octanol–water partition coefficient (Wildman–Crippen LogP) is 2.62. The van der Waals surface area contributed by atoms with E-state index in [0.717, 1.165) is 18.2 Å². The number of fused-ring (bicyclic) bond motifs is 1. The lowest BCUT2D eigenvalue weighted by Gasteiger charge is -2.11. The summed E-state index contributed by atoms with van der Waals surface area (Å²) >= 11 is 0. The van der Waals surface area contributed by atoms with Crippen molar-refractivity contribution in [2.75, 3.05) is 6.61 Å². The molecule has 0 amide bonds. The van der Waals surface area contributed by atoms with E-state index in [-0.39, 0.29) is 38.3 Å². The van der Waals surface area contributed by atoms with Crippen LogP contribution in [0.1, 0.15) is 20.3 Å². The second-order valence-electron chi connectivity index (χ2n) is 7.87.